The van der Waals surface area contributed by atoms with Crippen molar-refractivity contribution in [2.75, 3.05) is 10.6 Å². The second kappa shape index (κ2) is 8.42. The van der Waals surface area contributed by atoms with Gasteiger partial charge in [-0.3, -0.25) is 15.5 Å². The van der Waals surface area contributed by atoms with Crippen LogP contribution in [0.4, 0.5) is 16.4 Å². The van der Waals surface area contributed by atoms with E-state index in [0.29, 0.717) is 22.5 Å². The molecule has 0 saturated heterocycles. The Morgan fingerprint density at radius 3 is 2.41 bits per heavy atom. The van der Waals surface area contributed by atoms with Gasteiger partial charge < -0.3 is 14.8 Å². The Morgan fingerprint density at radius 2 is 1.76 bits per heavy atom. The van der Waals surface area contributed by atoms with Crippen molar-refractivity contribution >= 4 is 40.7 Å². The van der Waals surface area contributed by atoms with Crippen molar-refractivity contribution < 1.29 is 19.1 Å². The molecule has 9 nitrogen and oxygen atoms in total. The first kappa shape index (κ1) is 19.9. The monoisotopic (exact) mass is 395 g/mol. The molecule has 0 aliphatic carbocycles. The molecule has 0 aliphatic heterocycles. The van der Waals surface area contributed by atoms with E-state index in [2.05, 4.69) is 15.6 Å². The van der Waals surface area contributed by atoms with E-state index < -0.39 is 6.09 Å². The minimum Gasteiger partial charge on any atom is -0.447 e. The van der Waals surface area contributed by atoms with Gasteiger partial charge >= 0.3 is 12.1 Å². The number of amides is 2. The number of aromatic nitrogens is 2. The highest BCUT2D eigenvalue weighted by Gasteiger charge is 2.19. The molecule has 3 aromatic rings. The van der Waals surface area contributed by atoms with Gasteiger partial charge in [-0.1, -0.05) is 12.1 Å². The number of fused-ring (bicyclic) bond motifs is 1. The number of hydrogen-bond donors (Lipinski definition) is 3. The van der Waals surface area contributed by atoms with Crippen LogP contribution in [-0.2, 0) is 9.53 Å². The molecule has 1 aromatic heterocycles. The highest BCUT2D eigenvalue weighted by atomic mass is 16.6. The second-order valence-corrected chi connectivity index (χ2v) is 6.45. The number of imidazole rings is 1. The zero-order chi connectivity index (χ0) is 21.0. The Balaban J connectivity index is 1.87. The number of nitrogens with one attached hydrogen (secondary N) is 3. The zero-order valence-electron chi connectivity index (χ0n) is 16.2. The molecule has 150 valence electrons. The van der Waals surface area contributed by atoms with Crippen molar-refractivity contribution in [1.29, 1.82) is 5.41 Å². The summed E-state index contributed by atoms with van der Waals surface area (Å²) in [4.78, 5) is 27.5. The lowest BCUT2D eigenvalue weighted by molar-refractivity contribution is -0.114. The minimum atomic E-state index is -0.677. The summed E-state index contributed by atoms with van der Waals surface area (Å²) in [6.45, 7) is 4.89. The Morgan fingerprint density at radius 1 is 1.07 bits per heavy atom. The summed E-state index contributed by atoms with van der Waals surface area (Å²) in [6.07, 6.45) is -0.977. The van der Waals surface area contributed by atoms with E-state index in [4.69, 9.17) is 14.9 Å². The molecule has 0 fully saturated rings. The summed E-state index contributed by atoms with van der Waals surface area (Å²) >= 11 is 0. The van der Waals surface area contributed by atoms with Gasteiger partial charge in [0.15, 0.2) is 0 Å². The van der Waals surface area contributed by atoms with Crippen LogP contribution >= 0.6 is 0 Å². The molecule has 3 rings (SSSR count). The molecule has 0 bridgehead atoms. The Hall–Kier alpha value is -3.88. The van der Waals surface area contributed by atoms with E-state index in [9.17, 15) is 9.59 Å². The molecule has 3 N–H and O–H groups in total. The zero-order valence-corrected chi connectivity index (χ0v) is 16.2. The van der Waals surface area contributed by atoms with Crippen LogP contribution in [0, 0.1) is 5.41 Å². The van der Waals surface area contributed by atoms with E-state index in [1.807, 2.05) is 0 Å². The Bertz CT molecular complexity index is 1060. The number of para-hydroxylation sites is 2. The van der Waals surface area contributed by atoms with Crippen LogP contribution in [0.2, 0.25) is 0 Å². The molecule has 0 spiro atoms. The number of rotatable bonds is 4. The van der Waals surface area contributed by atoms with Crippen LogP contribution in [0.15, 0.2) is 48.5 Å². The number of anilines is 2. The van der Waals surface area contributed by atoms with Crippen LogP contribution in [0.1, 0.15) is 20.8 Å². The smallest absolute Gasteiger partial charge is 0.414 e. The van der Waals surface area contributed by atoms with Crippen molar-refractivity contribution in [2.45, 2.75) is 26.9 Å². The normalized spacial score (nSPS) is 10.6. The summed E-state index contributed by atoms with van der Waals surface area (Å²) in [5.41, 5.74) is 1.79. The van der Waals surface area contributed by atoms with Crippen LogP contribution in [-0.4, -0.2) is 33.7 Å². The summed E-state index contributed by atoms with van der Waals surface area (Å²) in [5.74, 6) is 0.314. The third kappa shape index (κ3) is 4.89. The lowest BCUT2D eigenvalue weighted by atomic mass is 10.3. The molecule has 0 aliphatic rings. The predicted octanol–water partition coefficient (Wildman–Crippen LogP) is 3.81. The fraction of sp³-hybridized carbons (Fsp3) is 0.200. The molecule has 2 aromatic carbocycles. The van der Waals surface area contributed by atoms with Gasteiger partial charge in [0.2, 0.25) is 11.9 Å². The first-order chi connectivity index (χ1) is 13.8. The van der Waals surface area contributed by atoms with Gasteiger partial charge in [-0.2, -0.15) is 0 Å². The second-order valence-electron chi connectivity index (χ2n) is 6.45. The molecule has 9 heteroatoms. The van der Waals surface area contributed by atoms with E-state index in [0.717, 1.165) is 0 Å². The third-order valence-electron chi connectivity index (χ3n) is 3.71. The van der Waals surface area contributed by atoms with E-state index in [1.54, 1.807) is 62.4 Å². The number of carbonyl (C=O) groups excluding carboxylic acids is 2. The van der Waals surface area contributed by atoms with E-state index in [1.165, 1.54) is 11.5 Å². The molecule has 1 heterocycles. The maximum atomic E-state index is 12.0. The van der Waals surface area contributed by atoms with Crippen molar-refractivity contribution in [2.24, 2.45) is 0 Å². The molecular weight excluding hydrogens is 374 g/mol. The largest absolute Gasteiger partial charge is 0.447 e. The van der Waals surface area contributed by atoms with Crippen molar-refractivity contribution in [1.82, 2.24) is 9.55 Å². The number of nitrogens with zero attached hydrogens (tertiary/aromatic N) is 2. The number of benzene rings is 2. The number of hydrogen-bond acceptors (Lipinski definition) is 6. The van der Waals surface area contributed by atoms with E-state index in [-0.39, 0.29) is 24.0 Å². The van der Waals surface area contributed by atoms with Gasteiger partial charge in [0.25, 0.3) is 0 Å². The highest BCUT2D eigenvalue weighted by Crippen LogP contribution is 2.22. The van der Waals surface area contributed by atoms with Gasteiger partial charge in [0.1, 0.15) is 5.75 Å². The molecular formula is C20H21N5O4. The van der Waals surface area contributed by atoms with Gasteiger partial charge in [-0.25, -0.2) is 14.3 Å². The maximum Gasteiger partial charge on any atom is 0.414 e. The first-order valence-electron chi connectivity index (χ1n) is 8.93. The van der Waals surface area contributed by atoms with Crippen LogP contribution < -0.4 is 15.4 Å². The van der Waals surface area contributed by atoms with Crippen molar-refractivity contribution in [3.63, 3.8) is 0 Å². The van der Waals surface area contributed by atoms with E-state index >= 15 is 0 Å². The van der Waals surface area contributed by atoms with Crippen LogP contribution in [0.25, 0.3) is 11.0 Å². The molecule has 2 amide bonds. The van der Waals surface area contributed by atoms with Crippen molar-refractivity contribution in [3.8, 4) is 5.75 Å². The molecule has 0 radical (unpaired) electrons. The van der Waals surface area contributed by atoms with Crippen LogP contribution in [0.5, 0.6) is 5.75 Å². The SMILES string of the molecule is CC(=O)Nc1ccc(OC(=N)n2c(NC(=O)OC(C)C)nc3ccccc32)cc1. The molecule has 0 atom stereocenters. The standard InChI is InChI=1S/C20H21N5O4/c1-12(2)28-20(27)24-19-23-16-6-4-5-7-17(16)25(19)18(21)29-15-10-8-14(9-11-15)22-13(3)26/h4-12,21H,1-3H3,(H,22,26)(H,23,24,27). The Labute approximate surface area is 167 Å². The van der Waals surface area contributed by atoms with Gasteiger partial charge in [-0.05, 0) is 50.2 Å². The highest BCUT2D eigenvalue weighted by molar-refractivity contribution is 5.95. The number of carbonyl (C=O) groups is 2. The Kier molecular flexibility index (Phi) is 5.77. The minimum absolute atomic E-state index is 0.108. The average Bonchev–Trinajstić information content (AvgIpc) is 2.99. The number of ether oxygens (including phenoxy) is 2. The summed E-state index contributed by atoms with van der Waals surface area (Å²) in [6, 6.07) is 13.4. The molecule has 0 unspecified atom stereocenters. The molecule has 29 heavy (non-hydrogen) atoms. The molecule has 0 saturated carbocycles. The summed E-state index contributed by atoms with van der Waals surface area (Å²) < 4.78 is 12.1. The fourth-order valence-corrected chi connectivity index (χ4v) is 2.62. The van der Waals surface area contributed by atoms with Gasteiger partial charge in [0.05, 0.1) is 17.1 Å². The maximum absolute atomic E-state index is 12.0. The van der Waals surface area contributed by atoms with Crippen LogP contribution in [0.3, 0.4) is 0 Å². The topological polar surface area (TPSA) is 118 Å². The average molecular weight is 395 g/mol. The first-order valence-corrected chi connectivity index (χ1v) is 8.93. The lowest BCUT2D eigenvalue weighted by Gasteiger charge is -2.13. The van der Waals surface area contributed by atoms with Gasteiger partial charge in [0, 0.05) is 12.6 Å². The lowest BCUT2D eigenvalue weighted by Crippen LogP contribution is -2.24. The predicted molar refractivity (Wildman–Crippen MR) is 109 cm³/mol. The quantitative estimate of drug-likeness (QED) is 0.458. The third-order valence-corrected chi connectivity index (χ3v) is 3.71. The summed E-state index contributed by atoms with van der Waals surface area (Å²) in [7, 11) is 0. The van der Waals surface area contributed by atoms with Crippen molar-refractivity contribution in [3.05, 3.63) is 48.5 Å². The fourth-order valence-electron chi connectivity index (χ4n) is 2.62. The van der Waals surface area contributed by atoms with Gasteiger partial charge in [-0.15, -0.1) is 0 Å². The summed E-state index contributed by atoms with van der Waals surface area (Å²) in [5, 5.41) is 13.6.